The van der Waals surface area contributed by atoms with E-state index in [-0.39, 0.29) is 29.3 Å². The van der Waals surface area contributed by atoms with Gasteiger partial charge in [-0.1, -0.05) is 6.07 Å². The number of carbonyl (C=O) groups excluding carboxylic acids is 1. The molecule has 31 heavy (non-hydrogen) atoms. The highest BCUT2D eigenvalue weighted by atomic mass is 16.7. The molecule has 168 valence electrons. The average Bonchev–Trinajstić information content (AvgIpc) is 2.76. The number of phenolic OH excluding ortho intramolecular Hbond substituents is 1. The van der Waals surface area contributed by atoms with E-state index >= 15 is 0 Å². The maximum absolute atomic E-state index is 12.7. The Hall–Kier alpha value is -2.85. The van der Waals surface area contributed by atoms with E-state index < -0.39 is 24.6 Å². The third-order valence-corrected chi connectivity index (χ3v) is 4.85. The molecule has 2 aromatic carbocycles. The summed E-state index contributed by atoms with van der Waals surface area (Å²) in [7, 11) is 1.26. The van der Waals surface area contributed by atoms with E-state index in [0.29, 0.717) is 30.3 Å². The maximum atomic E-state index is 12.7. The predicted octanol–water partition coefficient (Wildman–Crippen LogP) is 1.04. The molecule has 4 atom stereocenters. The van der Waals surface area contributed by atoms with Crippen molar-refractivity contribution in [1.29, 1.82) is 0 Å². The number of benzene rings is 2. The number of methoxy groups -OCH3 is 1. The average molecular weight is 434 g/mol. The highest BCUT2D eigenvalue weighted by molar-refractivity contribution is 6.00. The van der Waals surface area contributed by atoms with Gasteiger partial charge in [-0.2, -0.15) is 0 Å². The molecule has 0 aromatic heterocycles. The van der Waals surface area contributed by atoms with Gasteiger partial charge in [0.15, 0.2) is 17.3 Å². The first-order valence-corrected chi connectivity index (χ1v) is 9.78. The molecule has 9 heteroatoms. The molecule has 3 rings (SSSR count). The summed E-state index contributed by atoms with van der Waals surface area (Å²) < 4.78 is 21.4. The van der Waals surface area contributed by atoms with Gasteiger partial charge in [-0.15, -0.1) is 0 Å². The topological polar surface area (TPSA) is 135 Å². The number of aliphatic hydroxyl groups is 3. The van der Waals surface area contributed by atoms with Crippen LogP contribution in [0.3, 0.4) is 0 Å². The van der Waals surface area contributed by atoms with E-state index in [4.69, 9.17) is 18.9 Å². The predicted molar refractivity (Wildman–Crippen MR) is 109 cm³/mol. The van der Waals surface area contributed by atoms with Gasteiger partial charge in [0, 0.05) is 19.6 Å². The summed E-state index contributed by atoms with van der Waals surface area (Å²) in [5.41, 5.74) is 0.810. The molecule has 4 unspecified atom stereocenters. The molecule has 1 heterocycles. The van der Waals surface area contributed by atoms with Crippen LogP contribution in [0, 0.1) is 0 Å². The van der Waals surface area contributed by atoms with Crippen LogP contribution in [0.15, 0.2) is 36.4 Å². The van der Waals surface area contributed by atoms with Crippen LogP contribution in [-0.2, 0) is 11.2 Å². The molecule has 0 fully saturated rings. The summed E-state index contributed by atoms with van der Waals surface area (Å²) in [4.78, 5) is 12.7. The number of hydrogen-bond donors (Lipinski definition) is 4. The number of Topliss-reactive ketones (excluding diaryl/α,β-unsaturated/α-hetero) is 1. The second-order valence-corrected chi connectivity index (χ2v) is 7.20. The molecular formula is C22H26O9. The van der Waals surface area contributed by atoms with Gasteiger partial charge in [0.1, 0.15) is 36.9 Å². The normalized spacial score (nSPS) is 16.8. The lowest BCUT2D eigenvalue weighted by Gasteiger charge is -2.27. The molecule has 0 spiro atoms. The summed E-state index contributed by atoms with van der Waals surface area (Å²) >= 11 is 0. The lowest BCUT2D eigenvalue weighted by molar-refractivity contribution is -0.176. The lowest BCUT2D eigenvalue weighted by atomic mass is 10.0. The molecule has 0 saturated carbocycles. The van der Waals surface area contributed by atoms with E-state index in [9.17, 15) is 25.2 Å². The maximum Gasteiger partial charge on any atom is 0.228 e. The summed E-state index contributed by atoms with van der Waals surface area (Å²) in [6, 6.07) is 9.28. The van der Waals surface area contributed by atoms with Crippen molar-refractivity contribution < 1.29 is 44.2 Å². The molecule has 0 bridgehead atoms. The Morgan fingerprint density at radius 1 is 1.03 bits per heavy atom. The van der Waals surface area contributed by atoms with E-state index in [0.717, 1.165) is 0 Å². The first-order chi connectivity index (χ1) is 14.8. The largest absolute Gasteiger partial charge is 0.507 e. The molecule has 1 aliphatic heterocycles. The van der Waals surface area contributed by atoms with Crippen molar-refractivity contribution in [1.82, 2.24) is 0 Å². The standard InChI is InChI=1S/C22H26O9/c1-12(23)20(26)21(27)22(28-2)31-14-4-5-15(17(25)11-14)16(24)9-13-3-6-18-19(10-13)30-8-7-29-18/h3-6,10-12,20-23,25-27H,7-9H2,1-2H3. The zero-order valence-corrected chi connectivity index (χ0v) is 17.2. The van der Waals surface area contributed by atoms with Gasteiger partial charge in [0.2, 0.25) is 6.29 Å². The van der Waals surface area contributed by atoms with Crippen LogP contribution < -0.4 is 14.2 Å². The van der Waals surface area contributed by atoms with Gasteiger partial charge in [0.05, 0.1) is 11.7 Å². The number of phenols is 1. The van der Waals surface area contributed by atoms with Crippen LogP contribution in [0.5, 0.6) is 23.0 Å². The summed E-state index contributed by atoms with van der Waals surface area (Å²) in [5, 5.41) is 39.6. The molecule has 0 saturated heterocycles. The number of rotatable bonds is 9. The zero-order chi connectivity index (χ0) is 22.5. The Kier molecular flexibility index (Phi) is 7.34. The molecule has 4 N–H and O–H groups in total. The van der Waals surface area contributed by atoms with Gasteiger partial charge < -0.3 is 39.4 Å². The van der Waals surface area contributed by atoms with Crippen molar-refractivity contribution in [2.45, 2.75) is 37.9 Å². The van der Waals surface area contributed by atoms with Crippen molar-refractivity contribution in [2.24, 2.45) is 0 Å². The molecule has 0 radical (unpaired) electrons. The fourth-order valence-electron chi connectivity index (χ4n) is 3.14. The van der Waals surface area contributed by atoms with Crippen LogP contribution >= 0.6 is 0 Å². The summed E-state index contributed by atoms with van der Waals surface area (Å²) in [5.74, 6) is 0.696. The fraction of sp³-hybridized carbons (Fsp3) is 0.409. The molecule has 0 amide bonds. The van der Waals surface area contributed by atoms with Crippen molar-refractivity contribution in [3.63, 3.8) is 0 Å². The number of carbonyl (C=O) groups is 1. The number of fused-ring (bicyclic) bond motifs is 1. The minimum atomic E-state index is -1.54. The van der Waals surface area contributed by atoms with Gasteiger partial charge in [-0.25, -0.2) is 0 Å². The van der Waals surface area contributed by atoms with Crippen LogP contribution in [-0.4, -0.2) is 71.1 Å². The molecule has 0 aliphatic carbocycles. The van der Waals surface area contributed by atoms with Crippen molar-refractivity contribution in [2.75, 3.05) is 20.3 Å². The SMILES string of the molecule is COC(Oc1ccc(C(=O)Cc2ccc3c(c2)OCCO3)c(O)c1)C(O)C(O)C(C)O. The van der Waals surface area contributed by atoms with E-state index in [1.807, 2.05) is 0 Å². The van der Waals surface area contributed by atoms with Gasteiger partial charge in [0.25, 0.3) is 0 Å². The third-order valence-electron chi connectivity index (χ3n) is 4.85. The number of hydrogen-bond acceptors (Lipinski definition) is 9. The number of aliphatic hydroxyl groups excluding tert-OH is 3. The monoisotopic (exact) mass is 434 g/mol. The van der Waals surface area contributed by atoms with E-state index in [1.165, 1.54) is 32.2 Å². The summed E-state index contributed by atoms with van der Waals surface area (Å²) in [6.07, 6.45) is -5.49. The smallest absolute Gasteiger partial charge is 0.228 e. The highest BCUT2D eigenvalue weighted by Crippen LogP contribution is 2.32. The Bertz CT molecular complexity index is 912. The number of ketones is 1. The van der Waals surface area contributed by atoms with Crippen molar-refractivity contribution >= 4 is 5.78 Å². The van der Waals surface area contributed by atoms with E-state index in [1.54, 1.807) is 18.2 Å². The quantitative estimate of drug-likeness (QED) is 0.337. The van der Waals surface area contributed by atoms with Crippen molar-refractivity contribution in [3.05, 3.63) is 47.5 Å². The first-order valence-electron chi connectivity index (χ1n) is 9.78. The van der Waals surface area contributed by atoms with Gasteiger partial charge in [-0.3, -0.25) is 4.79 Å². The second kappa shape index (κ2) is 9.97. The Morgan fingerprint density at radius 2 is 1.74 bits per heavy atom. The van der Waals surface area contributed by atoms with Crippen LogP contribution in [0.4, 0.5) is 0 Å². The Morgan fingerprint density at radius 3 is 2.39 bits per heavy atom. The van der Waals surface area contributed by atoms with Crippen molar-refractivity contribution in [3.8, 4) is 23.0 Å². The Labute approximate surface area is 179 Å². The number of aromatic hydroxyl groups is 1. The van der Waals surface area contributed by atoms with Crippen LogP contribution in [0.2, 0.25) is 0 Å². The van der Waals surface area contributed by atoms with Gasteiger partial charge in [-0.05, 0) is 36.8 Å². The molecule has 9 nitrogen and oxygen atoms in total. The highest BCUT2D eigenvalue weighted by Gasteiger charge is 2.31. The molecular weight excluding hydrogens is 408 g/mol. The van der Waals surface area contributed by atoms with E-state index in [2.05, 4.69) is 0 Å². The van der Waals surface area contributed by atoms with Gasteiger partial charge >= 0.3 is 0 Å². The molecule has 1 aliphatic rings. The summed E-state index contributed by atoms with van der Waals surface area (Å²) in [6.45, 7) is 2.24. The molecule has 2 aromatic rings. The minimum Gasteiger partial charge on any atom is -0.507 e. The van der Waals surface area contributed by atoms with Crippen LogP contribution in [0.1, 0.15) is 22.8 Å². The van der Waals surface area contributed by atoms with Crippen LogP contribution in [0.25, 0.3) is 0 Å². The third kappa shape index (κ3) is 5.45. The first kappa shape index (κ1) is 22.8. The zero-order valence-electron chi connectivity index (χ0n) is 17.2. The second-order valence-electron chi connectivity index (χ2n) is 7.20. The number of ether oxygens (including phenoxy) is 4. The Balaban J connectivity index is 1.69. The lowest BCUT2D eigenvalue weighted by Crippen LogP contribution is -2.46. The minimum absolute atomic E-state index is 0.0460. The fourth-order valence-corrected chi connectivity index (χ4v) is 3.14.